The SMILES string of the molecule is Cc1ccc(C(=O)Nc2ccc(N3CCCC3)c(NC(=O)Nc3cc(C)cc(C)c3)c2)cc1. The number of carbonyl (C=O) groups is 2. The first-order valence-electron chi connectivity index (χ1n) is 11.3. The Morgan fingerprint density at radius 1 is 0.697 bits per heavy atom. The minimum Gasteiger partial charge on any atom is -0.370 e. The zero-order chi connectivity index (χ0) is 23.4. The number of carbonyl (C=O) groups excluding carboxylic acids is 2. The Labute approximate surface area is 195 Å². The van der Waals surface area contributed by atoms with Crippen LogP contribution in [0.5, 0.6) is 0 Å². The fraction of sp³-hybridized carbons (Fsp3) is 0.259. The third-order valence-corrected chi connectivity index (χ3v) is 5.74. The molecule has 1 saturated heterocycles. The van der Waals surface area contributed by atoms with Crippen LogP contribution in [0.3, 0.4) is 0 Å². The van der Waals surface area contributed by atoms with E-state index in [1.165, 1.54) is 0 Å². The predicted octanol–water partition coefficient (Wildman–Crippen LogP) is 6.11. The average Bonchev–Trinajstić information content (AvgIpc) is 3.28. The maximum atomic E-state index is 12.8. The van der Waals surface area contributed by atoms with E-state index in [0.717, 1.165) is 54.0 Å². The Hall–Kier alpha value is -3.80. The van der Waals surface area contributed by atoms with Gasteiger partial charge in [-0.25, -0.2) is 4.79 Å². The van der Waals surface area contributed by atoms with Crippen LogP contribution >= 0.6 is 0 Å². The lowest BCUT2D eigenvalue weighted by molar-refractivity contribution is 0.102. The minimum absolute atomic E-state index is 0.186. The summed E-state index contributed by atoms with van der Waals surface area (Å²) in [6.45, 7) is 7.88. The van der Waals surface area contributed by atoms with Crippen molar-refractivity contribution in [3.8, 4) is 0 Å². The molecule has 0 unspecified atom stereocenters. The van der Waals surface area contributed by atoms with Crippen LogP contribution in [-0.4, -0.2) is 25.0 Å². The van der Waals surface area contributed by atoms with Crippen molar-refractivity contribution in [2.24, 2.45) is 0 Å². The van der Waals surface area contributed by atoms with E-state index in [2.05, 4.69) is 26.9 Å². The molecule has 0 spiro atoms. The summed E-state index contributed by atoms with van der Waals surface area (Å²) in [6.07, 6.45) is 2.25. The lowest BCUT2D eigenvalue weighted by Gasteiger charge is -2.22. The molecule has 0 aromatic heterocycles. The molecule has 33 heavy (non-hydrogen) atoms. The second-order valence-corrected chi connectivity index (χ2v) is 8.70. The maximum absolute atomic E-state index is 12.8. The second-order valence-electron chi connectivity index (χ2n) is 8.70. The first-order valence-corrected chi connectivity index (χ1v) is 11.3. The Balaban J connectivity index is 1.55. The van der Waals surface area contributed by atoms with Crippen molar-refractivity contribution >= 4 is 34.7 Å². The number of rotatable bonds is 5. The van der Waals surface area contributed by atoms with E-state index in [1.807, 2.05) is 63.2 Å². The van der Waals surface area contributed by atoms with Crippen molar-refractivity contribution in [3.63, 3.8) is 0 Å². The van der Waals surface area contributed by atoms with Gasteiger partial charge in [0.05, 0.1) is 11.4 Å². The fourth-order valence-electron chi connectivity index (χ4n) is 4.19. The molecule has 3 aromatic carbocycles. The Morgan fingerprint density at radius 3 is 2.03 bits per heavy atom. The zero-order valence-electron chi connectivity index (χ0n) is 19.4. The van der Waals surface area contributed by atoms with Crippen LogP contribution in [0.2, 0.25) is 0 Å². The quantitative estimate of drug-likeness (QED) is 0.446. The Kier molecular flexibility index (Phi) is 6.63. The molecule has 1 fully saturated rings. The van der Waals surface area contributed by atoms with Crippen LogP contribution in [0.4, 0.5) is 27.5 Å². The summed E-state index contributed by atoms with van der Waals surface area (Å²) in [5.74, 6) is -0.186. The van der Waals surface area contributed by atoms with Crippen LogP contribution in [0, 0.1) is 20.8 Å². The van der Waals surface area contributed by atoms with Crippen molar-refractivity contribution in [1.82, 2.24) is 0 Å². The van der Waals surface area contributed by atoms with E-state index in [-0.39, 0.29) is 11.9 Å². The number of urea groups is 1. The molecule has 0 saturated carbocycles. The second kappa shape index (κ2) is 9.77. The van der Waals surface area contributed by atoms with Crippen molar-refractivity contribution in [2.45, 2.75) is 33.6 Å². The fourth-order valence-corrected chi connectivity index (χ4v) is 4.19. The summed E-state index contributed by atoms with van der Waals surface area (Å²) in [4.78, 5) is 27.8. The molecular weight excluding hydrogens is 412 g/mol. The third-order valence-electron chi connectivity index (χ3n) is 5.74. The maximum Gasteiger partial charge on any atom is 0.323 e. The zero-order valence-corrected chi connectivity index (χ0v) is 19.4. The molecule has 0 bridgehead atoms. The molecule has 1 heterocycles. The smallest absolute Gasteiger partial charge is 0.323 e. The van der Waals surface area contributed by atoms with Gasteiger partial charge in [-0.2, -0.15) is 0 Å². The average molecular weight is 443 g/mol. The Morgan fingerprint density at radius 2 is 1.36 bits per heavy atom. The monoisotopic (exact) mass is 442 g/mol. The van der Waals surface area contributed by atoms with Gasteiger partial charge in [0.25, 0.3) is 5.91 Å². The lowest BCUT2D eigenvalue weighted by Crippen LogP contribution is -2.24. The van der Waals surface area contributed by atoms with Gasteiger partial charge in [-0.1, -0.05) is 23.8 Å². The largest absolute Gasteiger partial charge is 0.370 e. The van der Waals surface area contributed by atoms with Crippen molar-refractivity contribution in [1.29, 1.82) is 0 Å². The number of nitrogens with one attached hydrogen (secondary N) is 3. The van der Waals surface area contributed by atoms with Crippen LogP contribution in [0.25, 0.3) is 0 Å². The molecule has 1 aliphatic heterocycles. The number of amides is 3. The van der Waals surface area contributed by atoms with Gasteiger partial charge >= 0.3 is 6.03 Å². The number of hydrogen-bond donors (Lipinski definition) is 3. The van der Waals surface area contributed by atoms with E-state index >= 15 is 0 Å². The highest BCUT2D eigenvalue weighted by atomic mass is 16.2. The first kappa shape index (κ1) is 22.4. The summed E-state index contributed by atoms with van der Waals surface area (Å²) in [6, 6.07) is 18.7. The van der Waals surface area contributed by atoms with Gasteiger partial charge in [0.15, 0.2) is 0 Å². The lowest BCUT2D eigenvalue weighted by atomic mass is 10.1. The molecule has 0 atom stereocenters. The first-order chi connectivity index (χ1) is 15.9. The van der Waals surface area contributed by atoms with Crippen molar-refractivity contribution in [2.75, 3.05) is 33.9 Å². The third kappa shape index (κ3) is 5.71. The van der Waals surface area contributed by atoms with E-state index in [9.17, 15) is 9.59 Å². The summed E-state index contributed by atoms with van der Waals surface area (Å²) in [5.41, 5.74) is 6.86. The molecule has 0 aliphatic carbocycles. The van der Waals surface area contributed by atoms with Crippen LogP contribution in [0.15, 0.2) is 60.7 Å². The van der Waals surface area contributed by atoms with Crippen molar-refractivity contribution < 1.29 is 9.59 Å². The number of hydrogen-bond acceptors (Lipinski definition) is 3. The van der Waals surface area contributed by atoms with Gasteiger partial charge in [0.1, 0.15) is 0 Å². The minimum atomic E-state index is -0.317. The van der Waals surface area contributed by atoms with E-state index in [0.29, 0.717) is 16.9 Å². The number of anilines is 4. The highest BCUT2D eigenvalue weighted by molar-refractivity contribution is 6.06. The van der Waals surface area contributed by atoms with Crippen LogP contribution < -0.4 is 20.9 Å². The summed E-state index contributed by atoms with van der Waals surface area (Å²) in [5, 5.41) is 8.86. The molecule has 4 rings (SSSR count). The summed E-state index contributed by atoms with van der Waals surface area (Å²) >= 11 is 0. The van der Waals surface area contributed by atoms with Gasteiger partial charge in [-0.3, -0.25) is 4.79 Å². The van der Waals surface area contributed by atoms with Gasteiger partial charge in [0, 0.05) is 30.0 Å². The summed E-state index contributed by atoms with van der Waals surface area (Å²) in [7, 11) is 0. The standard InChI is InChI=1S/C27H30N4O2/c1-18-6-8-21(9-7-18)26(32)28-22-10-11-25(31-12-4-5-13-31)24(17-22)30-27(33)29-23-15-19(2)14-20(3)16-23/h6-11,14-17H,4-5,12-13H2,1-3H3,(H,28,32)(H2,29,30,33). The molecule has 3 aromatic rings. The van der Waals surface area contributed by atoms with E-state index < -0.39 is 0 Å². The topological polar surface area (TPSA) is 73.5 Å². The van der Waals surface area contributed by atoms with Gasteiger partial charge in [-0.15, -0.1) is 0 Å². The highest BCUT2D eigenvalue weighted by Crippen LogP contribution is 2.32. The summed E-state index contributed by atoms with van der Waals surface area (Å²) < 4.78 is 0. The van der Waals surface area contributed by atoms with Crippen LogP contribution in [0.1, 0.15) is 39.9 Å². The molecular formula is C27H30N4O2. The van der Waals surface area contributed by atoms with Gasteiger partial charge in [0.2, 0.25) is 0 Å². The molecule has 1 aliphatic rings. The van der Waals surface area contributed by atoms with Gasteiger partial charge < -0.3 is 20.9 Å². The molecule has 6 nitrogen and oxygen atoms in total. The predicted molar refractivity (Wildman–Crippen MR) is 136 cm³/mol. The molecule has 6 heteroatoms. The van der Waals surface area contributed by atoms with Gasteiger partial charge in [-0.05, 0) is 87.2 Å². The van der Waals surface area contributed by atoms with E-state index in [1.54, 1.807) is 12.1 Å². The van der Waals surface area contributed by atoms with E-state index in [4.69, 9.17) is 0 Å². The number of aryl methyl sites for hydroxylation is 3. The number of nitrogens with zero attached hydrogens (tertiary/aromatic N) is 1. The normalized spacial score (nSPS) is 13.0. The molecule has 170 valence electrons. The van der Waals surface area contributed by atoms with Crippen LogP contribution in [-0.2, 0) is 0 Å². The Bertz CT molecular complexity index is 1140. The molecule has 3 N–H and O–H groups in total. The van der Waals surface area contributed by atoms with Crippen molar-refractivity contribution in [3.05, 3.63) is 82.9 Å². The molecule has 0 radical (unpaired) electrons. The molecule has 3 amide bonds. The highest BCUT2D eigenvalue weighted by Gasteiger charge is 2.18. The number of benzene rings is 3.